The first-order chi connectivity index (χ1) is 25.3. The quantitative estimate of drug-likeness (QED) is 0.139. The smallest absolute Gasteiger partial charge is 0.227 e. The molecular formula is C43H59N5O6. The van der Waals surface area contributed by atoms with E-state index in [4.69, 9.17) is 9.72 Å². The Kier molecular flexibility index (Phi) is 12.2. The van der Waals surface area contributed by atoms with Gasteiger partial charge in [-0.05, 0) is 67.6 Å². The number of carbonyl (C=O) groups excluding carboxylic acids is 5. The van der Waals surface area contributed by atoms with Gasteiger partial charge in [0.15, 0.2) is 17.4 Å². The summed E-state index contributed by atoms with van der Waals surface area (Å²) in [5, 5.41) is 8.93. The van der Waals surface area contributed by atoms with Gasteiger partial charge in [0.2, 0.25) is 11.7 Å². The number of ketones is 4. The molecule has 11 heteroatoms. The Bertz CT molecular complexity index is 1870. The number of nitrogens with zero attached hydrogens (tertiary/aromatic N) is 4. The summed E-state index contributed by atoms with van der Waals surface area (Å²) in [5.41, 5.74) is -0.182. The lowest BCUT2D eigenvalue weighted by Gasteiger charge is -2.36. The first-order valence-corrected chi connectivity index (χ1v) is 19.5. The van der Waals surface area contributed by atoms with E-state index in [2.05, 4.69) is 10.4 Å². The average molecular weight is 742 g/mol. The van der Waals surface area contributed by atoms with Crippen molar-refractivity contribution in [2.45, 2.75) is 125 Å². The van der Waals surface area contributed by atoms with Crippen LogP contribution in [0.5, 0.6) is 5.75 Å². The Morgan fingerprint density at radius 1 is 1.04 bits per heavy atom. The van der Waals surface area contributed by atoms with Crippen LogP contribution in [0.3, 0.4) is 0 Å². The number of benzene rings is 1. The second-order valence-electron chi connectivity index (χ2n) is 18.2. The Hall–Kier alpha value is -4.41. The van der Waals surface area contributed by atoms with Crippen molar-refractivity contribution in [2.24, 2.45) is 28.6 Å². The number of carbonyl (C=O) groups is 5. The second-order valence-corrected chi connectivity index (χ2v) is 18.2. The molecule has 5 rings (SSSR count). The number of hydrogen-bond acceptors (Lipinski definition) is 9. The van der Waals surface area contributed by atoms with Crippen LogP contribution in [0, 0.1) is 28.6 Å². The highest BCUT2D eigenvalue weighted by Gasteiger charge is 2.50. The fraction of sp³-hybridized carbons (Fsp3) is 0.605. The summed E-state index contributed by atoms with van der Waals surface area (Å²) in [7, 11) is 1.60. The molecule has 3 aromatic rings. The van der Waals surface area contributed by atoms with Crippen LogP contribution in [0.1, 0.15) is 113 Å². The van der Waals surface area contributed by atoms with Gasteiger partial charge >= 0.3 is 0 Å². The third kappa shape index (κ3) is 10.0. The van der Waals surface area contributed by atoms with Crippen LogP contribution in [0.2, 0.25) is 0 Å². The average Bonchev–Trinajstić information content (AvgIpc) is 3.58. The number of pyridine rings is 1. The van der Waals surface area contributed by atoms with Gasteiger partial charge in [-0.15, -0.1) is 0 Å². The maximum Gasteiger partial charge on any atom is 0.227 e. The molecule has 2 aromatic heterocycles. The second kappa shape index (κ2) is 16.1. The minimum atomic E-state index is -0.859. The van der Waals surface area contributed by atoms with Gasteiger partial charge in [-0.2, -0.15) is 5.10 Å². The summed E-state index contributed by atoms with van der Waals surface area (Å²) in [6.45, 7) is 16.0. The van der Waals surface area contributed by atoms with Crippen LogP contribution in [0.25, 0.3) is 16.7 Å². The molecule has 2 fully saturated rings. The molecule has 0 radical (unpaired) electrons. The summed E-state index contributed by atoms with van der Waals surface area (Å²) in [6.07, 6.45) is 7.27. The van der Waals surface area contributed by atoms with Gasteiger partial charge in [-0.3, -0.25) is 24.0 Å². The first-order valence-electron chi connectivity index (χ1n) is 19.5. The predicted molar refractivity (Wildman–Crippen MR) is 210 cm³/mol. The minimum absolute atomic E-state index is 0.00588. The molecule has 0 spiro atoms. The van der Waals surface area contributed by atoms with E-state index >= 15 is 0 Å². The van der Waals surface area contributed by atoms with Crippen molar-refractivity contribution in [2.75, 3.05) is 19.0 Å². The standard InChI is InChI=1S/C43H59N5O6/c1-10-12-28(39(52)37(51)19-27-13-14-27)20-36(50)35-25-43(8,26-47(35)40(53)32(42(5,6)7)21-29(49)24-41(2,3)4)46-34-23-38(48-18-11-17-44-48)45-33-22-30(54-9)15-16-31(33)34/h11,15-18,22-23,27-28,32,35H,10,12-14,19-21,24-26H2,1-9H3,(H,45,46)/t28-,32-,35+,43+/m1/s1. The Morgan fingerprint density at radius 2 is 1.76 bits per heavy atom. The van der Waals surface area contributed by atoms with E-state index in [0.29, 0.717) is 36.3 Å². The van der Waals surface area contributed by atoms with Crippen molar-refractivity contribution in [3.8, 4) is 11.6 Å². The van der Waals surface area contributed by atoms with Gasteiger partial charge in [0, 0.05) is 79.7 Å². The highest BCUT2D eigenvalue weighted by Crippen LogP contribution is 2.40. The number of anilines is 1. The van der Waals surface area contributed by atoms with Gasteiger partial charge in [0.25, 0.3) is 0 Å². The monoisotopic (exact) mass is 741 g/mol. The van der Waals surface area contributed by atoms with Crippen molar-refractivity contribution in [3.05, 3.63) is 42.7 Å². The van der Waals surface area contributed by atoms with E-state index in [-0.39, 0.29) is 61.0 Å². The maximum absolute atomic E-state index is 14.9. The zero-order valence-corrected chi connectivity index (χ0v) is 33.7. The lowest BCUT2D eigenvalue weighted by Crippen LogP contribution is -2.48. The van der Waals surface area contributed by atoms with E-state index in [1.54, 1.807) is 22.9 Å². The molecule has 1 N–H and O–H groups in total. The normalized spacial score (nSPS) is 20.1. The molecule has 1 saturated carbocycles. The molecule has 0 unspecified atom stereocenters. The fourth-order valence-corrected chi connectivity index (χ4v) is 7.79. The molecule has 2 aliphatic rings. The van der Waals surface area contributed by atoms with Gasteiger partial charge in [-0.25, -0.2) is 9.67 Å². The fourth-order valence-electron chi connectivity index (χ4n) is 7.79. The van der Waals surface area contributed by atoms with Crippen molar-refractivity contribution < 1.29 is 28.7 Å². The van der Waals surface area contributed by atoms with Crippen LogP contribution in [0.15, 0.2) is 42.7 Å². The number of hydrogen-bond donors (Lipinski definition) is 1. The third-order valence-electron chi connectivity index (χ3n) is 10.8. The molecule has 1 aromatic carbocycles. The predicted octanol–water partition coefficient (Wildman–Crippen LogP) is 7.57. The number of ether oxygens (including phenoxy) is 1. The zero-order chi connectivity index (χ0) is 39.6. The molecule has 1 aliphatic heterocycles. The molecule has 11 nitrogen and oxygen atoms in total. The first kappa shape index (κ1) is 40.8. The Labute approximate surface area is 320 Å². The number of aromatic nitrogens is 3. The van der Waals surface area contributed by atoms with Gasteiger partial charge in [0.05, 0.1) is 24.2 Å². The number of Topliss-reactive ketones (excluding diaryl/α,β-unsaturated/α-hetero) is 4. The molecule has 4 atom stereocenters. The summed E-state index contributed by atoms with van der Waals surface area (Å²) in [5.74, 6) is -1.26. The van der Waals surface area contributed by atoms with Crippen molar-refractivity contribution in [1.29, 1.82) is 0 Å². The number of rotatable bonds is 17. The number of methoxy groups -OCH3 is 1. The Balaban J connectivity index is 1.52. The molecule has 292 valence electrons. The SMILES string of the molecule is CCC[C@H](CC(=O)[C@@H]1C[C@](C)(Nc2cc(-n3cccn3)nc3cc(OC)ccc23)CN1C(=O)[C@@H](CC(=O)CC(C)(C)C)C(C)(C)C)C(=O)C(=O)CC1CC1. The molecule has 1 aliphatic carbocycles. The number of fused-ring (bicyclic) bond motifs is 1. The van der Waals surface area contributed by atoms with Crippen molar-refractivity contribution in [3.63, 3.8) is 0 Å². The van der Waals surface area contributed by atoms with E-state index in [1.807, 2.05) is 91.9 Å². The van der Waals surface area contributed by atoms with Crippen LogP contribution < -0.4 is 10.1 Å². The summed E-state index contributed by atoms with van der Waals surface area (Å²) in [4.78, 5) is 75.7. The molecule has 54 heavy (non-hydrogen) atoms. The maximum atomic E-state index is 14.9. The summed E-state index contributed by atoms with van der Waals surface area (Å²) >= 11 is 0. The zero-order valence-electron chi connectivity index (χ0n) is 33.7. The largest absolute Gasteiger partial charge is 0.497 e. The van der Waals surface area contributed by atoms with E-state index in [0.717, 1.165) is 23.9 Å². The van der Waals surface area contributed by atoms with Crippen LogP contribution >= 0.6 is 0 Å². The molecule has 1 amide bonds. The molecule has 0 bridgehead atoms. The number of nitrogens with one attached hydrogen (secondary N) is 1. The van der Waals surface area contributed by atoms with E-state index in [9.17, 15) is 24.0 Å². The highest BCUT2D eigenvalue weighted by atomic mass is 16.5. The number of amides is 1. The van der Waals surface area contributed by atoms with E-state index < -0.39 is 40.4 Å². The van der Waals surface area contributed by atoms with Crippen LogP contribution in [-0.4, -0.2) is 73.9 Å². The van der Waals surface area contributed by atoms with Crippen molar-refractivity contribution in [1.82, 2.24) is 19.7 Å². The third-order valence-corrected chi connectivity index (χ3v) is 10.8. The minimum Gasteiger partial charge on any atom is -0.497 e. The van der Waals surface area contributed by atoms with Crippen LogP contribution in [0.4, 0.5) is 5.69 Å². The van der Waals surface area contributed by atoms with E-state index in [1.165, 1.54) is 0 Å². The molecule has 1 saturated heterocycles. The van der Waals surface area contributed by atoms with Crippen LogP contribution in [-0.2, 0) is 24.0 Å². The summed E-state index contributed by atoms with van der Waals surface area (Å²) < 4.78 is 7.17. The molecular weight excluding hydrogens is 683 g/mol. The number of likely N-dealkylation sites (tertiary alicyclic amines) is 1. The highest BCUT2D eigenvalue weighted by molar-refractivity contribution is 6.38. The van der Waals surface area contributed by atoms with Gasteiger partial charge in [-0.1, -0.05) is 54.9 Å². The summed E-state index contributed by atoms with van der Waals surface area (Å²) in [6, 6.07) is 8.50. The Morgan fingerprint density at radius 3 is 2.35 bits per heavy atom. The lowest BCUT2D eigenvalue weighted by atomic mass is 9.75. The van der Waals surface area contributed by atoms with Crippen molar-refractivity contribution >= 4 is 45.6 Å². The lowest BCUT2D eigenvalue weighted by molar-refractivity contribution is -0.146. The topological polar surface area (TPSA) is 141 Å². The molecule has 3 heterocycles. The van der Waals surface area contributed by atoms with Gasteiger partial charge in [0.1, 0.15) is 11.5 Å². The van der Waals surface area contributed by atoms with Gasteiger partial charge < -0.3 is 15.0 Å².